The van der Waals surface area contributed by atoms with Crippen LogP contribution in [0.5, 0.6) is 0 Å². The molecule has 0 amide bonds. The molecule has 98 valence electrons. The molecule has 0 saturated carbocycles. The van der Waals surface area contributed by atoms with Crippen LogP contribution in [0.15, 0.2) is 65.3 Å². The van der Waals surface area contributed by atoms with Crippen LogP contribution in [0.4, 0.5) is 11.4 Å². The van der Waals surface area contributed by atoms with Gasteiger partial charge in [0.05, 0.1) is 6.26 Å². The fourth-order valence-electron chi connectivity index (χ4n) is 2.63. The van der Waals surface area contributed by atoms with Crippen molar-refractivity contribution in [3.8, 4) is 0 Å². The maximum atomic E-state index is 5.31. The Morgan fingerprint density at radius 3 is 2.30 bits per heavy atom. The fraction of sp³-hybridized carbons (Fsp3) is 0.0588. The second-order valence-electron chi connectivity index (χ2n) is 4.85. The Kier molecular flexibility index (Phi) is 2.49. The normalized spacial score (nSPS) is 14.4. The summed E-state index contributed by atoms with van der Waals surface area (Å²) >= 11 is 0. The number of hydrogen-bond acceptors (Lipinski definition) is 3. The highest BCUT2D eigenvalue weighted by molar-refractivity contribution is 6.04. The Morgan fingerprint density at radius 2 is 1.65 bits per heavy atom. The smallest absolute Gasteiger partial charge is 0.126 e. The van der Waals surface area contributed by atoms with E-state index in [1.165, 1.54) is 10.8 Å². The molecular formula is C17H14N2O. The highest BCUT2D eigenvalue weighted by Crippen LogP contribution is 2.34. The number of hydrogen-bond donors (Lipinski definition) is 2. The number of benzene rings is 2. The molecule has 3 aromatic rings. The van der Waals surface area contributed by atoms with Crippen molar-refractivity contribution in [3.05, 3.63) is 66.6 Å². The van der Waals surface area contributed by atoms with Gasteiger partial charge in [-0.2, -0.15) is 0 Å². The molecule has 0 spiro atoms. The van der Waals surface area contributed by atoms with Gasteiger partial charge in [-0.1, -0.05) is 24.3 Å². The molecule has 1 aliphatic heterocycles. The Labute approximate surface area is 116 Å². The van der Waals surface area contributed by atoms with Crippen LogP contribution < -0.4 is 10.6 Å². The molecule has 4 rings (SSSR count). The van der Waals surface area contributed by atoms with Gasteiger partial charge in [0.1, 0.15) is 11.9 Å². The number of rotatable bonds is 2. The third kappa shape index (κ3) is 1.84. The molecule has 3 nitrogen and oxygen atoms in total. The van der Waals surface area contributed by atoms with Crippen molar-refractivity contribution in [3.63, 3.8) is 0 Å². The average molecular weight is 262 g/mol. The first-order valence-corrected chi connectivity index (χ1v) is 6.67. The first-order valence-electron chi connectivity index (χ1n) is 6.67. The van der Waals surface area contributed by atoms with E-state index < -0.39 is 0 Å². The predicted molar refractivity (Wildman–Crippen MR) is 82.7 cm³/mol. The third-order valence-electron chi connectivity index (χ3n) is 3.52. The summed E-state index contributed by atoms with van der Waals surface area (Å²) in [4.78, 5) is 0. The summed E-state index contributed by atoms with van der Waals surface area (Å²) < 4.78 is 5.31. The van der Waals surface area contributed by atoms with E-state index in [-0.39, 0.29) is 6.17 Å². The summed E-state index contributed by atoms with van der Waals surface area (Å²) in [6, 6.07) is 16.5. The van der Waals surface area contributed by atoms with Gasteiger partial charge in [0.25, 0.3) is 0 Å². The first-order chi connectivity index (χ1) is 9.90. The van der Waals surface area contributed by atoms with Crippen molar-refractivity contribution in [1.82, 2.24) is 0 Å². The van der Waals surface area contributed by atoms with Crippen LogP contribution in [0.25, 0.3) is 16.8 Å². The SMILES string of the molecule is C(=CC1Nc2cccc3cccc(c23)N1)c1ccco1. The van der Waals surface area contributed by atoms with Gasteiger partial charge in [-0.05, 0) is 41.8 Å². The maximum absolute atomic E-state index is 5.31. The molecule has 0 radical (unpaired) electrons. The summed E-state index contributed by atoms with van der Waals surface area (Å²) in [5, 5.41) is 9.46. The van der Waals surface area contributed by atoms with Crippen LogP contribution in [0, 0.1) is 0 Å². The van der Waals surface area contributed by atoms with E-state index >= 15 is 0 Å². The Morgan fingerprint density at radius 1 is 0.900 bits per heavy atom. The van der Waals surface area contributed by atoms with Gasteiger partial charge in [0, 0.05) is 16.8 Å². The monoisotopic (exact) mass is 262 g/mol. The summed E-state index contributed by atoms with van der Waals surface area (Å²) in [5.74, 6) is 0.852. The molecule has 0 unspecified atom stereocenters. The summed E-state index contributed by atoms with van der Waals surface area (Å²) in [6.07, 6.45) is 5.77. The van der Waals surface area contributed by atoms with E-state index in [1.807, 2.05) is 18.2 Å². The number of anilines is 2. The Balaban J connectivity index is 1.69. The topological polar surface area (TPSA) is 37.2 Å². The molecular weight excluding hydrogens is 248 g/mol. The molecule has 2 aromatic carbocycles. The molecule has 0 saturated heterocycles. The summed E-state index contributed by atoms with van der Waals surface area (Å²) in [6.45, 7) is 0. The highest BCUT2D eigenvalue weighted by Gasteiger charge is 2.16. The van der Waals surface area contributed by atoms with Gasteiger partial charge < -0.3 is 15.1 Å². The predicted octanol–water partition coefficient (Wildman–Crippen LogP) is 4.31. The molecule has 2 heterocycles. The lowest BCUT2D eigenvalue weighted by Gasteiger charge is -2.27. The van der Waals surface area contributed by atoms with Crippen LogP contribution in [0.2, 0.25) is 0 Å². The van der Waals surface area contributed by atoms with Crippen LogP contribution in [-0.4, -0.2) is 6.17 Å². The minimum Gasteiger partial charge on any atom is -0.465 e. The van der Waals surface area contributed by atoms with Crippen LogP contribution >= 0.6 is 0 Å². The standard InChI is InChI=1S/C17H14N2O/c1-4-12-5-2-8-15-17(12)14(7-1)18-16(19-15)10-9-13-6-3-11-20-13/h1-11,16,18-19H. The second kappa shape index (κ2) is 4.46. The number of furan rings is 1. The van der Waals surface area contributed by atoms with E-state index in [2.05, 4.69) is 53.1 Å². The molecule has 3 heteroatoms. The third-order valence-corrected chi connectivity index (χ3v) is 3.52. The van der Waals surface area contributed by atoms with Crippen molar-refractivity contribution in [2.24, 2.45) is 0 Å². The first kappa shape index (κ1) is 11.2. The molecule has 1 aromatic heterocycles. The lowest BCUT2D eigenvalue weighted by molar-refractivity contribution is 0.557. The van der Waals surface area contributed by atoms with Gasteiger partial charge in [-0.15, -0.1) is 0 Å². The molecule has 0 bridgehead atoms. The zero-order chi connectivity index (χ0) is 13.4. The Hall–Kier alpha value is -2.68. The lowest BCUT2D eigenvalue weighted by Crippen LogP contribution is -2.29. The van der Waals surface area contributed by atoms with Gasteiger partial charge >= 0.3 is 0 Å². The average Bonchev–Trinajstić information content (AvgIpc) is 2.99. The van der Waals surface area contributed by atoms with Crippen LogP contribution in [0.3, 0.4) is 0 Å². The molecule has 0 atom stereocenters. The summed E-state index contributed by atoms with van der Waals surface area (Å²) in [7, 11) is 0. The Bertz CT molecular complexity index is 734. The molecule has 20 heavy (non-hydrogen) atoms. The van der Waals surface area contributed by atoms with Gasteiger partial charge in [0.2, 0.25) is 0 Å². The molecule has 0 aliphatic carbocycles. The largest absolute Gasteiger partial charge is 0.465 e. The molecule has 2 N–H and O–H groups in total. The van der Waals surface area contributed by atoms with Crippen molar-refractivity contribution < 1.29 is 4.42 Å². The van der Waals surface area contributed by atoms with E-state index in [1.54, 1.807) is 6.26 Å². The lowest BCUT2D eigenvalue weighted by atomic mass is 10.0. The van der Waals surface area contributed by atoms with Gasteiger partial charge in [0.15, 0.2) is 0 Å². The van der Waals surface area contributed by atoms with Crippen molar-refractivity contribution in [1.29, 1.82) is 0 Å². The van der Waals surface area contributed by atoms with E-state index in [4.69, 9.17) is 4.42 Å². The highest BCUT2D eigenvalue weighted by atomic mass is 16.3. The van der Waals surface area contributed by atoms with E-state index in [9.17, 15) is 0 Å². The van der Waals surface area contributed by atoms with E-state index in [0.29, 0.717) is 0 Å². The van der Waals surface area contributed by atoms with Crippen LogP contribution in [0.1, 0.15) is 5.76 Å². The molecule has 0 fully saturated rings. The van der Waals surface area contributed by atoms with Crippen molar-refractivity contribution in [2.75, 3.05) is 10.6 Å². The van der Waals surface area contributed by atoms with Crippen molar-refractivity contribution >= 4 is 28.2 Å². The van der Waals surface area contributed by atoms with Crippen molar-refractivity contribution in [2.45, 2.75) is 6.17 Å². The zero-order valence-corrected chi connectivity index (χ0v) is 10.8. The second-order valence-corrected chi connectivity index (χ2v) is 4.85. The number of nitrogens with one attached hydrogen (secondary N) is 2. The quantitative estimate of drug-likeness (QED) is 0.722. The van der Waals surface area contributed by atoms with Crippen LogP contribution in [-0.2, 0) is 0 Å². The minimum atomic E-state index is 0.0561. The van der Waals surface area contributed by atoms with Gasteiger partial charge in [-0.3, -0.25) is 0 Å². The van der Waals surface area contributed by atoms with Gasteiger partial charge in [-0.25, -0.2) is 0 Å². The minimum absolute atomic E-state index is 0.0561. The zero-order valence-electron chi connectivity index (χ0n) is 10.8. The van der Waals surface area contributed by atoms with E-state index in [0.717, 1.165) is 17.1 Å². The molecule has 1 aliphatic rings. The maximum Gasteiger partial charge on any atom is 0.126 e. The fourth-order valence-corrected chi connectivity index (χ4v) is 2.63. The summed E-state index contributed by atoms with van der Waals surface area (Å²) in [5.41, 5.74) is 2.32.